The molecule has 1 N–H and O–H groups in total. The third-order valence-corrected chi connectivity index (χ3v) is 5.02. The van der Waals surface area contributed by atoms with Crippen LogP contribution in [-0.2, 0) is 10.8 Å². The first-order valence-electron chi connectivity index (χ1n) is 6.81. The molecule has 0 saturated heterocycles. The van der Waals surface area contributed by atoms with Crippen molar-refractivity contribution in [2.75, 3.05) is 11.6 Å². The van der Waals surface area contributed by atoms with E-state index in [0.29, 0.717) is 22.2 Å². The van der Waals surface area contributed by atoms with Crippen molar-refractivity contribution >= 4 is 33.7 Å². The lowest BCUT2D eigenvalue weighted by molar-refractivity contribution is 0.102. The largest absolute Gasteiger partial charge is 0.440 e. The number of hydrogen-bond donors (Lipinski definition) is 1. The van der Waals surface area contributed by atoms with Gasteiger partial charge in [0, 0.05) is 6.26 Å². The molecular weight excluding hydrogens is 332 g/mol. The topological polar surface area (TPSA) is 72.2 Å². The Bertz CT molecular complexity index is 869. The minimum absolute atomic E-state index is 0.227. The van der Waals surface area contributed by atoms with E-state index >= 15 is 0 Å². The van der Waals surface area contributed by atoms with E-state index in [2.05, 4.69) is 10.3 Å². The van der Waals surface area contributed by atoms with Crippen molar-refractivity contribution in [3.63, 3.8) is 0 Å². The number of carbonyl (C=O) groups is 1. The Morgan fingerprint density at radius 1 is 1.26 bits per heavy atom. The van der Waals surface area contributed by atoms with Gasteiger partial charge in [-0.1, -0.05) is 18.2 Å². The van der Waals surface area contributed by atoms with Crippen molar-refractivity contribution in [2.24, 2.45) is 0 Å². The minimum Gasteiger partial charge on any atom is -0.440 e. The van der Waals surface area contributed by atoms with Crippen LogP contribution >= 0.6 is 11.3 Å². The van der Waals surface area contributed by atoms with E-state index in [4.69, 9.17) is 4.42 Å². The van der Waals surface area contributed by atoms with Crippen molar-refractivity contribution < 1.29 is 13.4 Å². The molecule has 0 bridgehead atoms. The second-order valence-corrected chi connectivity index (χ2v) is 7.10. The molecule has 0 aliphatic carbocycles. The van der Waals surface area contributed by atoms with Crippen LogP contribution < -0.4 is 5.32 Å². The zero-order valence-corrected chi connectivity index (χ0v) is 14.2. The predicted molar refractivity (Wildman–Crippen MR) is 91.3 cm³/mol. The first-order chi connectivity index (χ1) is 11.1. The number of benzene rings is 1. The molecule has 2 heterocycles. The number of aromatic nitrogens is 1. The van der Waals surface area contributed by atoms with Crippen LogP contribution in [-0.4, -0.2) is 21.4 Å². The molecule has 5 nitrogen and oxygen atoms in total. The Kier molecular flexibility index (Phi) is 4.40. The van der Waals surface area contributed by atoms with Gasteiger partial charge in [0.25, 0.3) is 5.91 Å². The maximum Gasteiger partial charge on any atom is 0.277 e. The van der Waals surface area contributed by atoms with Gasteiger partial charge in [0.05, 0.1) is 26.3 Å². The smallest absolute Gasteiger partial charge is 0.277 e. The summed E-state index contributed by atoms with van der Waals surface area (Å²) in [5.41, 5.74) is 0.739. The third-order valence-electron chi connectivity index (χ3n) is 3.19. The van der Waals surface area contributed by atoms with E-state index in [1.165, 1.54) is 11.3 Å². The van der Waals surface area contributed by atoms with Crippen molar-refractivity contribution in [3.8, 4) is 10.8 Å². The Labute approximate surface area is 139 Å². The van der Waals surface area contributed by atoms with Crippen molar-refractivity contribution in [1.29, 1.82) is 0 Å². The summed E-state index contributed by atoms with van der Waals surface area (Å²) in [6.45, 7) is 1.70. The van der Waals surface area contributed by atoms with E-state index in [-0.39, 0.29) is 11.6 Å². The molecule has 1 atom stereocenters. The molecule has 118 valence electrons. The van der Waals surface area contributed by atoms with Gasteiger partial charge in [-0.15, -0.1) is 11.3 Å². The van der Waals surface area contributed by atoms with Gasteiger partial charge in [-0.05, 0) is 30.5 Å². The second-order valence-electron chi connectivity index (χ2n) is 4.81. The number of para-hydroxylation sites is 1. The van der Waals surface area contributed by atoms with E-state index < -0.39 is 10.8 Å². The average Bonchev–Trinajstić information content (AvgIpc) is 3.16. The van der Waals surface area contributed by atoms with Gasteiger partial charge in [-0.25, -0.2) is 4.98 Å². The molecule has 0 fully saturated rings. The van der Waals surface area contributed by atoms with E-state index in [0.717, 1.165) is 4.88 Å². The van der Waals surface area contributed by atoms with Gasteiger partial charge in [-0.2, -0.15) is 0 Å². The number of amides is 1. The monoisotopic (exact) mass is 346 g/mol. The lowest BCUT2D eigenvalue weighted by Gasteiger charge is -2.07. The molecule has 0 unspecified atom stereocenters. The van der Waals surface area contributed by atoms with Crippen LogP contribution in [0.15, 0.2) is 51.1 Å². The number of oxazole rings is 1. The van der Waals surface area contributed by atoms with Gasteiger partial charge in [-0.3, -0.25) is 9.00 Å². The van der Waals surface area contributed by atoms with Crippen molar-refractivity contribution in [3.05, 3.63) is 53.2 Å². The lowest BCUT2D eigenvalue weighted by atomic mass is 10.3. The van der Waals surface area contributed by atoms with Gasteiger partial charge in [0.2, 0.25) is 5.89 Å². The van der Waals surface area contributed by atoms with Gasteiger partial charge in [0.1, 0.15) is 5.76 Å². The molecule has 1 amide bonds. The number of anilines is 1. The summed E-state index contributed by atoms with van der Waals surface area (Å²) in [5, 5.41) is 4.67. The average molecular weight is 346 g/mol. The standard InChI is InChI=1S/C16H14N2O3S2/c1-10-14(18-16(21-10)12-7-5-9-22-12)15(19)17-11-6-3-4-8-13(11)23(2)20/h3-9H,1-2H3,(H,17,19)/t23-/m0/s1. The van der Waals surface area contributed by atoms with E-state index in [1.54, 1.807) is 37.4 Å². The molecule has 1 aromatic carbocycles. The molecule has 0 radical (unpaired) electrons. The quantitative estimate of drug-likeness (QED) is 0.782. The van der Waals surface area contributed by atoms with Crippen LogP contribution in [0.3, 0.4) is 0 Å². The van der Waals surface area contributed by atoms with Crippen LogP contribution in [0.2, 0.25) is 0 Å². The number of thiophene rings is 1. The normalized spacial score (nSPS) is 12.1. The lowest BCUT2D eigenvalue weighted by Crippen LogP contribution is -2.15. The molecule has 2 aromatic heterocycles. The van der Waals surface area contributed by atoms with Crippen LogP contribution in [0.25, 0.3) is 10.8 Å². The van der Waals surface area contributed by atoms with Gasteiger partial charge in [0.15, 0.2) is 5.69 Å². The van der Waals surface area contributed by atoms with Crippen molar-refractivity contribution in [2.45, 2.75) is 11.8 Å². The molecule has 0 aliphatic heterocycles. The number of aryl methyl sites for hydroxylation is 1. The Morgan fingerprint density at radius 2 is 2.04 bits per heavy atom. The molecule has 3 aromatic rings. The Hall–Kier alpha value is -2.25. The summed E-state index contributed by atoms with van der Waals surface area (Å²) in [5.74, 6) is 0.489. The van der Waals surface area contributed by atoms with E-state index in [9.17, 15) is 9.00 Å². The molecule has 0 aliphatic rings. The summed E-state index contributed by atoms with van der Waals surface area (Å²) in [6, 6.07) is 10.8. The fourth-order valence-electron chi connectivity index (χ4n) is 2.11. The van der Waals surface area contributed by atoms with Crippen LogP contribution in [0.5, 0.6) is 0 Å². The minimum atomic E-state index is -1.19. The van der Waals surface area contributed by atoms with Gasteiger partial charge >= 0.3 is 0 Å². The second kappa shape index (κ2) is 6.47. The highest BCUT2D eigenvalue weighted by Gasteiger charge is 2.19. The third kappa shape index (κ3) is 3.25. The highest BCUT2D eigenvalue weighted by Crippen LogP contribution is 2.26. The summed E-state index contributed by atoms with van der Waals surface area (Å²) in [7, 11) is -1.19. The first kappa shape index (κ1) is 15.6. The Balaban J connectivity index is 1.89. The molecule has 0 saturated carbocycles. The molecule has 7 heteroatoms. The number of rotatable bonds is 4. The molecular formula is C16H14N2O3S2. The summed E-state index contributed by atoms with van der Waals surface area (Å²) in [6.07, 6.45) is 1.57. The van der Waals surface area contributed by atoms with Crippen LogP contribution in [0.1, 0.15) is 16.2 Å². The summed E-state index contributed by atoms with van der Waals surface area (Å²) >= 11 is 1.49. The number of hydrogen-bond acceptors (Lipinski definition) is 5. The Morgan fingerprint density at radius 3 is 2.74 bits per heavy atom. The molecule has 3 rings (SSSR count). The predicted octanol–water partition coefficient (Wildman–Crippen LogP) is 3.70. The molecule has 0 spiro atoms. The fourth-order valence-corrected chi connectivity index (χ4v) is 3.46. The summed E-state index contributed by atoms with van der Waals surface area (Å²) in [4.78, 5) is 18.2. The highest BCUT2D eigenvalue weighted by molar-refractivity contribution is 7.84. The van der Waals surface area contributed by atoms with Crippen LogP contribution in [0, 0.1) is 6.92 Å². The maximum atomic E-state index is 12.5. The number of nitrogens with one attached hydrogen (secondary N) is 1. The molecule has 23 heavy (non-hydrogen) atoms. The fraction of sp³-hybridized carbons (Fsp3) is 0.125. The maximum absolute atomic E-state index is 12.5. The summed E-state index contributed by atoms with van der Waals surface area (Å²) < 4.78 is 17.3. The first-order valence-corrected chi connectivity index (χ1v) is 9.25. The number of carbonyl (C=O) groups excluding carboxylic acids is 1. The number of nitrogens with zero attached hydrogens (tertiary/aromatic N) is 1. The van der Waals surface area contributed by atoms with Crippen molar-refractivity contribution in [1.82, 2.24) is 4.98 Å². The highest BCUT2D eigenvalue weighted by atomic mass is 32.2. The zero-order chi connectivity index (χ0) is 16.4. The van der Waals surface area contributed by atoms with Crippen LogP contribution in [0.4, 0.5) is 5.69 Å². The zero-order valence-electron chi connectivity index (χ0n) is 12.5. The van der Waals surface area contributed by atoms with Gasteiger partial charge < -0.3 is 9.73 Å². The SMILES string of the molecule is Cc1oc(-c2cccs2)nc1C(=O)Nc1ccccc1[S@](C)=O. The van der Waals surface area contributed by atoms with E-state index in [1.807, 2.05) is 17.5 Å².